The maximum absolute atomic E-state index is 12.7. The average Bonchev–Trinajstić information content (AvgIpc) is 3.08. The Morgan fingerprint density at radius 2 is 2.24 bits per heavy atom. The molecule has 8 heteroatoms. The Bertz CT molecular complexity index is 720. The number of amides is 3. The van der Waals surface area contributed by atoms with E-state index >= 15 is 0 Å². The standard InChI is InChI=1S/C17H23N5O3/c1-3-18-16(23)11-21-9-8-15(20-21)19-17(24)22(13-6-7-13)12(2)14-5-4-10-25-14/h4-5,8-10,12-13H,3,6-7,11H2,1-2H3,(H,18,23)(H,19,20,24)/t12-/m1/s1. The lowest BCUT2D eigenvalue weighted by Gasteiger charge is -2.27. The van der Waals surface area contributed by atoms with Crippen molar-refractivity contribution in [2.24, 2.45) is 0 Å². The van der Waals surface area contributed by atoms with Crippen LogP contribution in [0.15, 0.2) is 35.1 Å². The van der Waals surface area contributed by atoms with Gasteiger partial charge < -0.3 is 14.6 Å². The Kier molecular flexibility index (Phi) is 5.06. The molecular formula is C17H23N5O3. The van der Waals surface area contributed by atoms with Gasteiger partial charge in [-0.1, -0.05) is 0 Å². The Hall–Kier alpha value is -2.77. The summed E-state index contributed by atoms with van der Waals surface area (Å²) in [6.45, 7) is 4.51. The SMILES string of the molecule is CCNC(=O)Cn1ccc(NC(=O)N(C2CC2)[C@H](C)c2ccco2)n1. The summed E-state index contributed by atoms with van der Waals surface area (Å²) in [5.74, 6) is 1.06. The Morgan fingerprint density at radius 1 is 1.44 bits per heavy atom. The van der Waals surface area contributed by atoms with Gasteiger partial charge in [0.25, 0.3) is 0 Å². The number of likely N-dealkylation sites (N-methyl/N-ethyl adjacent to an activating group) is 1. The number of hydrogen-bond donors (Lipinski definition) is 2. The minimum absolute atomic E-state index is 0.116. The number of carbonyl (C=O) groups excluding carboxylic acids is 2. The molecule has 1 atom stereocenters. The summed E-state index contributed by atoms with van der Waals surface area (Å²) in [5.41, 5.74) is 0. The van der Waals surface area contributed by atoms with Crippen LogP contribution in [0.5, 0.6) is 0 Å². The van der Waals surface area contributed by atoms with Crippen LogP contribution in [0.1, 0.15) is 38.5 Å². The number of furan rings is 1. The first-order chi connectivity index (χ1) is 12.1. The first-order valence-electron chi connectivity index (χ1n) is 8.51. The van der Waals surface area contributed by atoms with E-state index in [0.717, 1.165) is 18.6 Å². The highest BCUT2D eigenvalue weighted by Gasteiger charge is 2.37. The molecule has 3 amide bonds. The summed E-state index contributed by atoms with van der Waals surface area (Å²) in [7, 11) is 0. The van der Waals surface area contributed by atoms with E-state index in [1.54, 1.807) is 23.4 Å². The second-order valence-corrected chi connectivity index (χ2v) is 6.11. The number of rotatable bonds is 7. The molecule has 8 nitrogen and oxygen atoms in total. The summed E-state index contributed by atoms with van der Waals surface area (Å²) in [5, 5.41) is 9.75. The van der Waals surface area contributed by atoms with Crippen LogP contribution in [0, 0.1) is 0 Å². The van der Waals surface area contributed by atoms with Crippen LogP contribution in [-0.4, -0.2) is 39.2 Å². The summed E-state index contributed by atoms with van der Waals surface area (Å²) < 4.78 is 6.94. The number of hydrogen-bond acceptors (Lipinski definition) is 4. The van der Waals surface area contributed by atoms with Gasteiger partial charge in [0.1, 0.15) is 12.3 Å². The predicted octanol–water partition coefficient (Wildman–Crippen LogP) is 2.37. The fourth-order valence-electron chi connectivity index (χ4n) is 2.77. The molecule has 1 aliphatic carbocycles. The maximum Gasteiger partial charge on any atom is 0.323 e. The first-order valence-corrected chi connectivity index (χ1v) is 8.51. The molecule has 134 valence electrons. The third-order valence-electron chi connectivity index (χ3n) is 4.10. The van der Waals surface area contributed by atoms with E-state index in [9.17, 15) is 9.59 Å². The van der Waals surface area contributed by atoms with Crippen LogP contribution in [-0.2, 0) is 11.3 Å². The summed E-state index contributed by atoms with van der Waals surface area (Å²) in [6, 6.07) is 5.22. The zero-order valence-electron chi connectivity index (χ0n) is 14.4. The van der Waals surface area contributed by atoms with Crippen molar-refractivity contribution in [3.05, 3.63) is 36.4 Å². The molecular weight excluding hydrogens is 322 g/mol. The molecule has 1 fully saturated rings. The second-order valence-electron chi connectivity index (χ2n) is 6.11. The molecule has 2 aromatic rings. The highest BCUT2D eigenvalue weighted by Crippen LogP contribution is 2.34. The van der Waals surface area contributed by atoms with E-state index in [2.05, 4.69) is 15.7 Å². The topological polar surface area (TPSA) is 92.4 Å². The minimum atomic E-state index is -0.213. The van der Waals surface area contributed by atoms with Crippen molar-refractivity contribution < 1.29 is 14.0 Å². The van der Waals surface area contributed by atoms with E-state index < -0.39 is 0 Å². The van der Waals surface area contributed by atoms with Gasteiger partial charge >= 0.3 is 6.03 Å². The van der Waals surface area contributed by atoms with E-state index in [0.29, 0.717) is 12.4 Å². The lowest BCUT2D eigenvalue weighted by molar-refractivity contribution is -0.121. The molecule has 0 aromatic carbocycles. The normalized spacial score (nSPS) is 14.8. The van der Waals surface area contributed by atoms with Crippen molar-refractivity contribution in [3.8, 4) is 0 Å². The lowest BCUT2D eigenvalue weighted by atomic mass is 10.2. The number of nitrogens with one attached hydrogen (secondary N) is 2. The molecule has 0 radical (unpaired) electrons. The van der Waals surface area contributed by atoms with Crippen molar-refractivity contribution in [1.82, 2.24) is 20.0 Å². The monoisotopic (exact) mass is 345 g/mol. The van der Waals surface area contributed by atoms with Crippen molar-refractivity contribution >= 4 is 17.8 Å². The molecule has 0 saturated heterocycles. The second kappa shape index (κ2) is 7.42. The average molecular weight is 345 g/mol. The van der Waals surface area contributed by atoms with Crippen molar-refractivity contribution in [3.63, 3.8) is 0 Å². The zero-order valence-corrected chi connectivity index (χ0v) is 14.4. The van der Waals surface area contributed by atoms with Gasteiger partial charge in [0.15, 0.2) is 5.82 Å². The molecule has 25 heavy (non-hydrogen) atoms. The van der Waals surface area contributed by atoms with Gasteiger partial charge in [-0.25, -0.2) is 4.79 Å². The van der Waals surface area contributed by atoms with Gasteiger partial charge in [-0.2, -0.15) is 5.10 Å². The van der Waals surface area contributed by atoms with Crippen LogP contribution in [0.3, 0.4) is 0 Å². The van der Waals surface area contributed by atoms with E-state index in [1.165, 1.54) is 4.68 Å². The van der Waals surface area contributed by atoms with E-state index in [4.69, 9.17) is 4.42 Å². The maximum atomic E-state index is 12.7. The molecule has 3 rings (SSSR count). The first kappa shape index (κ1) is 17.1. The summed E-state index contributed by atoms with van der Waals surface area (Å²) >= 11 is 0. The number of aromatic nitrogens is 2. The third-order valence-corrected chi connectivity index (χ3v) is 4.10. The van der Waals surface area contributed by atoms with Gasteiger partial charge in [-0.15, -0.1) is 0 Å². The summed E-state index contributed by atoms with van der Waals surface area (Å²) in [6.07, 6.45) is 5.26. The fraction of sp³-hybridized carbons (Fsp3) is 0.471. The molecule has 2 aromatic heterocycles. The minimum Gasteiger partial charge on any atom is -0.467 e. The van der Waals surface area contributed by atoms with Gasteiger partial charge in [0.2, 0.25) is 5.91 Å². The molecule has 1 aliphatic rings. The van der Waals surface area contributed by atoms with E-state index in [1.807, 2.05) is 26.0 Å². The van der Waals surface area contributed by atoms with Crippen molar-refractivity contribution in [1.29, 1.82) is 0 Å². The van der Waals surface area contributed by atoms with Gasteiger partial charge in [0.05, 0.1) is 12.3 Å². The Balaban J connectivity index is 1.64. The number of anilines is 1. The third kappa shape index (κ3) is 4.20. The number of carbonyl (C=O) groups is 2. The van der Waals surface area contributed by atoms with Gasteiger partial charge in [-0.05, 0) is 38.8 Å². The van der Waals surface area contributed by atoms with Gasteiger partial charge in [-0.3, -0.25) is 14.8 Å². The van der Waals surface area contributed by atoms with Crippen LogP contribution >= 0.6 is 0 Å². The van der Waals surface area contributed by atoms with Crippen LogP contribution in [0.4, 0.5) is 10.6 Å². The molecule has 2 N–H and O–H groups in total. The smallest absolute Gasteiger partial charge is 0.323 e. The number of urea groups is 1. The van der Waals surface area contributed by atoms with Crippen LogP contribution in [0.25, 0.3) is 0 Å². The Labute approximate surface area is 146 Å². The van der Waals surface area contributed by atoms with Crippen LogP contribution in [0.2, 0.25) is 0 Å². The van der Waals surface area contributed by atoms with Crippen molar-refractivity contribution in [2.45, 2.75) is 45.3 Å². The quantitative estimate of drug-likeness (QED) is 0.806. The molecule has 1 saturated carbocycles. The molecule has 0 aliphatic heterocycles. The highest BCUT2D eigenvalue weighted by molar-refractivity contribution is 5.89. The van der Waals surface area contributed by atoms with Crippen molar-refractivity contribution in [2.75, 3.05) is 11.9 Å². The zero-order chi connectivity index (χ0) is 17.8. The predicted molar refractivity (Wildman–Crippen MR) is 91.9 cm³/mol. The van der Waals surface area contributed by atoms with Gasteiger partial charge in [0, 0.05) is 24.8 Å². The largest absolute Gasteiger partial charge is 0.467 e. The Morgan fingerprint density at radius 3 is 2.88 bits per heavy atom. The fourth-order valence-corrected chi connectivity index (χ4v) is 2.77. The lowest BCUT2D eigenvalue weighted by Crippen LogP contribution is -2.38. The number of nitrogens with zero attached hydrogens (tertiary/aromatic N) is 3. The highest BCUT2D eigenvalue weighted by atomic mass is 16.3. The van der Waals surface area contributed by atoms with Crippen LogP contribution < -0.4 is 10.6 Å². The van der Waals surface area contributed by atoms with E-state index in [-0.39, 0.29) is 30.6 Å². The molecule has 0 spiro atoms. The summed E-state index contributed by atoms with van der Waals surface area (Å²) in [4.78, 5) is 26.1. The molecule has 0 unspecified atom stereocenters. The molecule has 0 bridgehead atoms. The molecule has 2 heterocycles.